The zero-order valence-electron chi connectivity index (χ0n) is 17.3. The molecule has 1 aliphatic carbocycles. The molecule has 1 saturated carbocycles. The SMILES string of the molecule is CC(C)(C)OC(=O)NC1(C(=O)NC2CC2)CCN(C(=O)OC(C)(C)C)CC1. The highest BCUT2D eigenvalue weighted by Gasteiger charge is 2.46. The zero-order chi connectivity index (χ0) is 20.5. The molecule has 2 aliphatic rings. The fraction of sp³-hybridized carbons (Fsp3) is 0.842. The van der Waals surface area contributed by atoms with Crippen LogP contribution in [0.25, 0.3) is 0 Å². The number of nitrogens with one attached hydrogen (secondary N) is 2. The number of ether oxygens (including phenoxy) is 2. The Morgan fingerprint density at radius 2 is 1.44 bits per heavy atom. The van der Waals surface area contributed by atoms with Crippen molar-refractivity contribution in [2.45, 2.75) is 90.0 Å². The van der Waals surface area contributed by atoms with E-state index < -0.39 is 28.9 Å². The Labute approximate surface area is 161 Å². The quantitative estimate of drug-likeness (QED) is 0.781. The van der Waals surface area contributed by atoms with E-state index in [0.29, 0.717) is 25.9 Å². The van der Waals surface area contributed by atoms with Crippen molar-refractivity contribution >= 4 is 18.1 Å². The molecule has 0 radical (unpaired) electrons. The number of carbonyl (C=O) groups is 3. The van der Waals surface area contributed by atoms with Crippen LogP contribution >= 0.6 is 0 Å². The van der Waals surface area contributed by atoms with Crippen molar-refractivity contribution in [3.8, 4) is 0 Å². The van der Waals surface area contributed by atoms with Gasteiger partial charge in [-0.25, -0.2) is 9.59 Å². The maximum atomic E-state index is 12.9. The third kappa shape index (κ3) is 6.59. The average Bonchev–Trinajstić information content (AvgIpc) is 3.27. The molecule has 1 aliphatic heterocycles. The molecule has 0 aromatic rings. The first-order valence-corrected chi connectivity index (χ1v) is 9.60. The molecule has 2 rings (SSSR count). The van der Waals surface area contributed by atoms with Crippen molar-refractivity contribution in [1.82, 2.24) is 15.5 Å². The van der Waals surface area contributed by atoms with Crippen molar-refractivity contribution in [2.24, 2.45) is 0 Å². The van der Waals surface area contributed by atoms with E-state index in [9.17, 15) is 14.4 Å². The molecule has 8 heteroatoms. The van der Waals surface area contributed by atoms with E-state index in [4.69, 9.17) is 9.47 Å². The predicted molar refractivity (Wildman–Crippen MR) is 100 cm³/mol. The van der Waals surface area contributed by atoms with Gasteiger partial charge in [0.15, 0.2) is 0 Å². The maximum Gasteiger partial charge on any atom is 0.410 e. The number of amides is 3. The van der Waals surface area contributed by atoms with Crippen LogP contribution in [0.15, 0.2) is 0 Å². The first-order valence-electron chi connectivity index (χ1n) is 9.60. The molecule has 2 N–H and O–H groups in total. The Kier molecular flexibility index (Phi) is 5.97. The predicted octanol–water partition coefficient (Wildman–Crippen LogP) is 2.56. The van der Waals surface area contributed by atoms with Crippen LogP contribution in [0.5, 0.6) is 0 Å². The fourth-order valence-corrected chi connectivity index (χ4v) is 2.86. The molecule has 3 amide bonds. The number of piperidine rings is 1. The van der Waals surface area contributed by atoms with E-state index in [0.717, 1.165) is 12.8 Å². The van der Waals surface area contributed by atoms with Gasteiger partial charge in [0.05, 0.1) is 0 Å². The van der Waals surface area contributed by atoms with Gasteiger partial charge in [0.2, 0.25) is 5.91 Å². The number of alkyl carbamates (subject to hydrolysis) is 1. The lowest BCUT2D eigenvalue weighted by Gasteiger charge is -2.41. The van der Waals surface area contributed by atoms with Crippen LogP contribution in [-0.2, 0) is 14.3 Å². The van der Waals surface area contributed by atoms with E-state index >= 15 is 0 Å². The molecule has 0 unspecified atom stereocenters. The second-order valence-electron chi connectivity index (χ2n) is 9.42. The van der Waals surface area contributed by atoms with Crippen LogP contribution < -0.4 is 10.6 Å². The molecule has 0 spiro atoms. The first kappa shape index (κ1) is 21.3. The Balaban J connectivity index is 2.05. The summed E-state index contributed by atoms with van der Waals surface area (Å²) in [5.41, 5.74) is -2.32. The fourth-order valence-electron chi connectivity index (χ4n) is 2.86. The second kappa shape index (κ2) is 7.56. The van der Waals surface area contributed by atoms with Crippen LogP contribution in [0, 0.1) is 0 Å². The Morgan fingerprint density at radius 3 is 1.89 bits per heavy atom. The molecule has 154 valence electrons. The van der Waals surface area contributed by atoms with Crippen molar-refractivity contribution in [1.29, 1.82) is 0 Å². The summed E-state index contributed by atoms with van der Waals surface area (Å²) in [6.07, 6.45) is 1.50. The van der Waals surface area contributed by atoms with Crippen LogP contribution in [0.3, 0.4) is 0 Å². The minimum atomic E-state index is -1.08. The Hall–Kier alpha value is -1.99. The molecule has 0 aromatic carbocycles. The first-order chi connectivity index (χ1) is 12.3. The summed E-state index contributed by atoms with van der Waals surface area (Å²) in [5.74, 6) is -0.209. The summed E-state index contributed by atoms with van der Waals surface area (Å²) < 4.78 is 10.7. The van der Waals surface area contributed by atoms with Gasteiger partial charge in [0.1, 0.15) is 16.7 Å². The van der Waals surface area contributed by atoms with Gasteiger partial charge in [0, 0.05) is 19.1 Å². The topological polar surface area (TPSA) is 97.0 Å². The molecular weight excluding hydrogens is 350 g/mol. The molecule has 1 saturated heterocycles. The van der Waals surface area contributed by atoms with Gasteiger partial charge < -0.3 is 25.0 Å². The van der Waals surface area contributed by atoms with Crippen LogP contribution in [0.4, 0.5) is 9.59 Å². The smallest absolute Gasteiger partial charge is 0.410 e. The van der Waals surface area contributed by atoms with E-state index in [1.165, 1.54) is 0 Å². The summed E-state index contributed by atoms with van der Waals surface area (Å²) >= 11 is 0. The molecule has 0 aromatic heterocycles. The van der Waals surface area contributed by atoms with Gasteiger partial charge in [-0.3, -0.25) is 4.79 Å². The van der Waals surface area contributed by atoms with Crippen LogP contribution in [-0.4, -0.2) is 58.9 Å². The molecule has 8 nitrogen and oxygen atoms in total. The highest BCUT2D eigenvalue weighted by molar-refractivity contribution is 5.90. The number of nitrogens with zero attached hydrogens (tertiary/aromatic N) is 1. The molecule has 27 heavy (non-hydrogen) atoms. The van der Waals surface area contributed by atoms with Gasteiger partial charge in [-0.1, -0.05) is 0 Å². The van der Waals surface area contributed by atoms with E-state index in [2.05, 4.69) is 10.6 Å². The van der Waals surface area contributed by atoms with Gasteiger partial charge >= 0.3 is 12.2 Å². The highest BCUT2D eigenvalue weighted by Crippen LogP contribution is 2.27. The number of hydrogen-bond donors (Lipinski definition) is 2. The summed E-state index contributed by atoms with van der Waals surface area (Å²) in [6, 6.07) is 0.179. The number of carbonyl (C=O) groups excluding carboxylic acids is 3. The normalized spacial score (nSPS) is 19.9. The molecule has 0 bridgehead atoms. The summed E-state index contributed by atoms with van der Waals surface area (Å²) in [4.78, 5) is 39.0. The Morgan fingerprint density at radius 1 is 0.926 bits per heavy atom. The molecule has 1 heterocycles. The molecular formula is C19H33N3O5. The highest BCUT2D eigenvalue weighted by atomic mass is 16.6. The molecule has 0 atom stereocenters. The third-order valence-electron chi connectivity index (χ3n) is 4.36. The third-order valence-corrected chi connectivity index (χ3v) is 4.36. The zero-order valence-corrected chi connectivity index (χ0v) is 17.3. The number of likely N-dealkylation sites (tertiary alicyclic amines) is 1. The average molecular weight is 383 g/mol. The minimum Gasteiger partial charge on any atom is -0.444 e. The van der Waals surface area contributed by atoms with Crippen molar-refractivity contribution in [3.63, 3.8) is 0 Å². The largest absolute Gasteiger partial charge is 0.444 e. The van der Waals surface area contributed by atoms with Gasteiger partial charge in [-0.15, -0.1) is 0 Å². The van der Waals surface area contributed by atoms with E-state index in [1.54, 1.807) is 25.7 Å². The molecule has 2 fully saturated rings. The lowest BCUT2D eigenvalue weighted by Crippen LogP contribution is -2.64. The standard InChI is InChI=1S/C19H33N3O5/c1-17(2,3)26-15(24)21-19(14(23)20-13-7-8-13)9-11-22(12-10-19)16(25)27-18(4,5)6/h13H,7-12H2,1-6H3,(H,20,23)(H,21,24). The summed E-state index contributed by atoms with van der Waals surface area (Å²) in [7, 11) is 0. The summed E-state index contributed by atoms with van der Waals surface area (Å²) in [6.45, 7) is 11.4. The van der Waals surface area contributed by atoms with Crippen LogP contribution in [0.2, 0.25) is 0 Å². The lowest BCUT2D eigenvalue weighted by molar-refractivity contribution is -0.130. The maximum absolute atomic E-state index is 12.9. The number of rotatable bonds is 3. The van der Waals surface area contributed by atoms with Crippen molar-refractivity contribution in [2.75, 3.05) is 13.1 Å². The van der Waals surface area contributed by atoms with Crippen LogP contribution in [0.1, 0.15) is 67.2 Å². The van der Waals surface area contributed by atoms with Crippen molar-refractivity contribution in [3.05, 3.63) is 0 Å². The van der Waals surface area contributed by atoms with Gasteiger partial charge in [0.25, 0.3) is 0 Å². The lowest BCUT2D eigenvalue weighted by atomic mass is 9.86. The summed E-state index contributed by atoms with van der Waals surface area (Å²) in [5, 5.41) is 5.75. The van der Waals surface area contributed by atoms with Gasteiger partial charge in [-0.2, -0.15) is 0 Å². The van der Waals surface area contributed by atoms with Gasteiger partial charge in [-0.05, 0) is 67.2 Å². The van der Waals surface area contributed by atoms with Crippen molar-refractivity contribution < 1.29 is 23.9 Å². The minimum absolute atomic E-state index is 0.179. The second-order valence-corrected chi connectivity index (χ2v) is 9.42. The van der Waals surface area contributed by atoms with E-state index in [-0.39, 0.29) is 11.9 Å². The monoisotopic (exact) mass is 383 g/mol. The number of hydrogen-bond acceptors (Lipinski definition) is 5. The van der Waals surface area contributed by atoms with E-state index in [1.807, 2.05) is 20.8 Å². The Bertz CT molecular complexity index is 579.